The van der Waals surface area contributed by atoms with Gasteiger partial charge in [-0.1, -0.05) is 82.9 Å². The van der Waals surface area contributed by atoms with Crippen molar-refractivity contribution < 1.29 is 12.6 Å². The maximum absolute atomic E-state index is 12.0. The van der Waals surface area contributed by atoms with Gasteiger partial charge in [-0.2, -0.15) is 8.42 Å². The third kappa shape index (κ3) is 11.5. The van der Waals surface area contributed by atoms with Crippen molar-refractivity contribution in [3.63, 3.8) is 0 Å². The van der Waals surface area contributed by atoms with Gasteiger partial charge in [0.25, 0.3) is 0 Å². The van der Waals surface area contributed by atoms with Crippen molar-refractivity contribution in [1.29, 1.82) is 0 Å². The Kier molecular flexibility index (Phi) is 14.2. The van der Waals surface area contributed by atoms with Crippen molar-refractivity contribution in [2.75, 3.05) is 5.75 Å². The fourth-order valence-corrected chi connectivity index (χ4v) is 3.70. The standard InChI is InChI=1S/C19H32O3S.Na/c1-3-4-5-6-7-8-9-10-11-14-17-23(20,21)22-19-16-13-12-15-18(19)2;/h12-13,15-16H,3-11,14,17H2,1-2H3;. The first-order valence-corrected chi connectivity index (χ1v) is 10.6. The molecule has 0 amide bonds. The summed E-state index contributed by atoms with van der Waals surface area (Å²) in [5.41, 5.74) is 0.846. The van der Waals surface area contributed by atoms with E-state index in [0.717, 1.165) is 18.4 Å². The molecule has 0 aliphatic heterocycles. The van der Waals surface area contributed by atoms with Gasteiger partial charge >= 0.3 is 10.1 Å². The number of aryl methyl sites for hydroxylation is 1. The SMILES string of the molecule is CCCCCCCCCCCCS(=O)(=O)Oc1ccccc1C.[Na]. The van der Waals surface area contributed by atoms with E-state index in [1.807, 2.05) is 19.1 Å². The van der Waals surface area contributed by atoms with Crippen molar-refractivity contribution >= 4 is 39.7 Å². The molecule has 0 saturated heterocycles. The van der Waals surface area contributed by atoms with Crippen LogP contribution in [0.4, 0.5) is 0 Å². The van der Waals surface area contributed by atoms with Crippen LogP contribution in [0.5, 0.6) is 5.75 Å². The van der Waals surface area contributed by atoms with Crippen LogP contribution >= 0.6 is 0 Å². The first-order chi connectivity index (χ1) is 11.0. The summed E-state index contributed by atoms with van der Waals surface area (Å²) in [4.78, 5) is 0. The number of hydrogen-bond donors (Lipinski definition) is 0. The molecule has 3 nitrogen and oxygen atoms in total. The maximum Gasteiger partial charge on any atom is 0.309 e. The van der Waals surface area contributed by atoms with E-state index in [1.165, 1.54) is 44.9 Å². The normalized spacial score (nSPS) is 11.1. The maximum atomic E-state index is 12.0. The summed E-state index contributed by atoms with van der Waals surface area (Å²) in [6.07, 6.45) is 11.9. The number of rotatable bonds is 13. The zero-order valence-electron chi connectivity index (χ0n) is 15.7. The molecule has 0 atom stereocenters. The Hall–Kier alpha value is -0.0300. The summed E-state index contributed by atoms with van der Waals surface area (Å²) in [6.45, 7) is 4.09. The van der Waals surface area contributed by atoms with Gasteiger partial charge < -0.3 is 4.18 Å². The molecular weight excluding hydrogens is 331 g/mol. The molecule has 0 saturated carbocycles. The van der Waals surface area contributed by atoms with E-state index in [9.17, 15) is 8.42 Å². The fraction of sp³-hybridized carbons (Fsp3) is 0.684. The van der Waals surface area contributed by atoms with Gasteiger partial charge in [0.15, 0.2) is 0 Å². The molecule has 0 aromatic heterocycles. The Labute approximate surface area is 171 Å². The molecule has 1 aromatic carbocycles. The average Bonchev–Trinajstić information content (AvgIpc) is 2.51. The van der Waals surface area contributed by atoms with Gasteiger partial charge in [-0.25, -0.2) is 0 Å². The number of unbranched alkanes of at least 4 members (excludes halogenated alkanes) is 9. The van der Waals surface area contributed by atoms with Crippen molar-refractivity contribution in [3.8, 4) is 5.75 Å². The van der Waals surface area contributed by atoms with Crippen LogP contribution in [0.3, 0.4) is 0 Å². The van der Waals surface area contributed by atoms with Crippen molar-refractivity contribution in [1.82, 2.24) is 0 Å². The molecule has 0 unspecified atom stereocenters. The first kappa shape index (κ1) is 24.0. The van der Waals surface area contributed by atoms with Gasteiger partial charge in [0, 0.05) is 29.6 Å². The van der Waals surface area contributed by atoms with Gasteiger partial charge in [0.1, 0.15) is 5.75 Å². The van der Waals surface area contributed by atoms with Crippen LogP contribution in [0, 0.1) is 6.92 Å². The molecular formula is C19H32NaO3S. The van der Waals surface area contributed by atoms with E-state index in [2.05, 4.69) is 6.92 Å². The zero-order chi connectivity index (χ0) is 17.0. The molecule has 0 heterocycles. The molecule has 1 rings (SSSR count). The van der Waals surface area contributed by atoms with Crippen LogP contribution in [0.1, 0.15) is 76.7 Å². The molecule has 0 N–H and O–H groups in total. The fourth-order valence-electron chi connectivity index (χ4n) is 2.59. The molecule has 1 aromatic rings. The van der Waals surface area contributed by atoms with Crippen molar-refractivity contribution in [2.45, 2.75) is 78.1 Å². The van der Waals surface area contributed by atoms with Gasteiger partial charge in [-0.05, 0) is 25.0 Å². The summed E-state index contributed by atoms with van der Waals surface area (Å²) in [5, 5.41) is 0. The Morgan fingerprint density at radius 1 is 0.833 bits per heavy atom. The van der Waals surface area contributed by atoms with Gasteiger partial charge in [0.2, 0.25) is 0 Å². The second-order valence-electron chi connectivity index (χ2n) is 6.29. The molecule has 0 bridgehead atoms. The third-order valence-electron chi connectivity index (χ3n) is 4.06. The van der Waals surface area contributed by atoms with E-state index in [-0.39, 0.29) is 35.3 Å². The Morgan fingerprint density at radius 3 is 1.88 bits per heavy atom. The van der Waals surface area contributed by atoms with Crippen LogP contribution in [0.2, 0.25) is 0 Å². The predicted octanol–water partition coefficient (Wildman–Crippen LogP) is 5.24. The molecule has 5 heteroatoms. The quantitative estimate of drug-likeness (QED) is 0.273. The monoisotopic (exact) mass is 363 g/mol. The van der Waals surface area contributed by atoms with Crippen LogP contribution in [-0.2, 0) is 10.1 Å². The van der Waals surface area contributed by atoms with Gasteiger partial charge in [-0.3, -0.25) is 0 Å². The first-order valence-electron chi connectivity index (χ1n) is 9.03. The Morgan fingerprint density at radius 2 is 1.33 bits per heavy atom. The van der Waals surface area contributed by atoms with Gasteiger partial charge in [-0.15, -0.1) is 0 Å². The largest absolute Gasteiger partial charge is 0.382 e. The summed E-state index contributed by atoms with van der Waals surface area (Å²) in [7, 11) is -3.46. The number of hydrogen-bond acceptors (Lipinski definition) is 3. The van der Waals surface area contributed by atoms with E-state index >= 15 is 0 Å². The molecule has 0 aliphatic rings. The second-order valence-corrected chi connectivity index (χ2v) is 7.98. The van der Waals surface area contributed by atoms with Crippen molar-refractivity contribution in [2.24, 2.45) is 0 Å². The zero-order valence-corrected chi connectivity index (χ0v) is 18.5. The molecule has 0 spiro atoms. The Balaban J connectivity index is 0.00000529. The smallest absolute Gasteiger partial charge is 0.309 e. The summed E-state index contributed by atoms with van der Waals surface area (Å²) >= 11 is 0. The van der Waals surface area contributed by atoms with Crippen LogP contribution in [0.25, 0.3) is 0 Å². The Bertz CT molecular complexity index is 529. The molecule has 0 fully saturated rings. The van der Waals surface area contributed by atoms with Crippen LogP contribution in [0.15, 0.2) is 24.3 Å². The second kappa shape index (κ2) is 14.2. The summed E-state index contributed by atoms with van der Waals surface area (Å²) < 4.78 is 29.1. The number of benzene rings is 1. The van der Waals surface area contributed by atoms with Crippen LogP contribution < -0.4 is 4.18 Å². The molecule has 133 valence electrons. The minimum Gasteiger partial charge on any atom is -0.382 e. The topological polar surface area (TPSA) is 43.4 Å². The van der Waals surface area contributed by atoms with Crippen molar-refractivity contribution in [3.05, 3.63) is 29.8 Å². The van der Waals surface area contributed by atoms with Gasteiger partial charge in [0.05, 0.1) is 5.75 Å². The predicted molar refractivity (Wildman–Crippen MR) is 103 cm³/mol. The summed E-state index contributed by atoms with van der Waals surface area (Å²) in [5.74, 6) is 0.553. The van der Waals surface area contributed by atoms with E-state index in [0.29, 0.717) is 12.2 Å². The number of para-hydroxylation sites is 1. The van der Waals surface area contributed by atoms with E-state index < -0.39 is 10.1 Å². The summed E-state index contributed by atoms with van der Waals surface area (Å²) in [6, 6.07) is 7.21. The molecule has 24 heavy (non-hydrogen) atoms. The van der Waals surface area contributed by atoms with E-state index in [1.54, 1.807) is 12.1 Å². The third-order valence-corrected chi connectivity index (χ3v) is 5.28. The molecule has 1 radical (unpaired) electrons. The average molecular weight is 364 g/mol. The van der Waals surface area contributed by atoms with E-state index in [4.69, 9.17) is 4.18 Å². The minimum atomic E-state index is -3.46. The molecule has 0 aliphatic carbocycles. The minimum absolute atomic E-state index is 0. The van der Waals surface area contributed by atoms with Crippen LogP contribution in [-0.4, -0.2) is 43.7 Å².